The molecule has 1 aromatic heterocycles. The Morgan fingerprint density at radius 1 is 1.45 bits per heavy atom. The van der Waals surface area contributed by atoms with Crippen LogP contribution in [0.1, 0.15) is 35.4 Å². The van der Waals surface area contributed by atoms with Crippen LogP contribution in [0.25, 0.3) is 0 Å². The summed E-state index contributed by atoms with van der Waals surface area (Å²) in [5, 5.41) is 10.5. The highest BCUT2D eigenvalue weighted by molar-refractivity contribution is 7.99. The maximum atomic E-state index is 12.3. The largest absolute Gasteiger partial charge is 0.477 e. The standard InChI is InChI=1S/C12H17NO4S3/c1-18-10-5-3-2-4-9(10)13-20(16,17)8-6-11(12(14)15)19-7-8/h6-7,9-10,13H,2-5H2,1H3,(H,14,15). The quantitative estimate of drug-likeness (QED) is 0.863. The van der Waals surface area contributed by atoms with E-state index in [0.717, 1.165) is 37.0 Å². The summed E-state index contributed by atoms with van der Waals surface area (Å²) in [5.74, 6) is -1.10. The van der Waals surface area contributed by atoms with Gasteiger partial charge in [-0.2, -0.15) is 11.8 Å². The van der Waals surface area contributed by atoms with E-state index in [1.807, 2.05) is 6.26 Å². The smallest absolute Gasteiger partial charge is 0.345 e. The van der Waals surface area contributed by atoms with E-state index in [1.54, 1.807) is 11.8 Å². The van der Waals surface area contributed by atoms with Crippen LogP contribution in [0.15, 0.2) is 16.3 Å². The minimum absolute atomic E-state index is 0.0374. The van der Waals surface area contributed by atoms with Crippen LogP contribution >= 0.6 is 23.1 Å². The molecule has 0 aromatic carbocycles. The molecule has 0 saturated heterocycles. The Morgan fingerprint density at radius 3 is 2.75 bits per heavy atom. The van der Waals surface area contributed by atoms with E-state index in [-0.39, 0.29) is 21.1 Å². The number of nitrogens with one attached hydrogen (secondary N) is 1. The fraction of sp³-hybridized carbons (Fsp3) is 0.583. The third-order valence-corrected chi connectivity index (χ3v) is 7.11. The van der Waals surface area contributed by atoms with E-state index >= 15 is 0 Å². The van der Waals surface area contributed by atoms with Crippen LogP contribution in [0.4, 0.5) is 0 Å². The predicted molar refractivity (Wildman–Crippen MR) is 81.2 cm³/mol. The first-order chi connectivity index (χ1) is 9.44. The molecular weight excluding hydrogens is 318 g/mol. The van der Waals surface area contributed by atoms with Crippen molar-refractivity contribution in [3.63, 3.8) is 0 Å². The van der Waals surface area contributed by atoms with E-state index in [2.05, 4.69) is 4.72 Å². The molecule has 0 amide bonds. The summed E-state index contributed by atoms with van der Waals surface area (Å²) in [6, 6.07) is 1.14. The van der Waals surface area contributed by atoms with Gasteiger partial charge in [0.1, 0.15) is 4.88 Å². The van der Waals surface area contributed by atoms with Crippen molar-refractivity contribution in [3.8, 4) is 0 Å². The summed E-state index contributed by atoms with van der Waals surface area (Å²) in [6.45, 7) is 0. The number of thiophene rings is 1. The Morgan fingerprint density at radius 2 is 2.15 bits per heavy atom. The Bertz CT molecular complexity index is 581. The van der Waals surface area contributed by atoms with Gasteiger partial charge in [-0.1, -0.05) is 12.8 Å². The van der Waals surface area contributed by atoms with Crippen molar-refractivity contribution in [2.45, 2.75) is 41.9 Å². The highest BCUT2D eigenvalue weighted by Crippen LogP contribution is 2.29. The number of sulfonamides is 1. The lowest BCUT2D eigenvalue weighted by Gasteiger charge is -2.30. The van der Waals surface area contributed by atoms with Crippen LogP contribution < -0.4 is 4.72 Å². The average molecular weight is 335 g/mol. The summed E-state index contributed by atoms with van der Waals surface area (Å²) in [7, 11) is -3.63. The van der Waals surface area contributed by atoms with E-state index in [9.17, 15) is 13.2 Å². The molecule has 1 aromatic rings. The number of aromatic carboxylic acids is 1. The van der Waals surface area contributed by atoms with Gasteiger partial charge in [0.25, 0.3) is 0 Å². The third-order valence-electron chi connectivity index (χ3n) is 3.41. The molecule has 1 saturated carbocycles. The van der Waals surface area contributed by atoms with Crippen LogP contribution in [0, 0.1) is 0 Å². The van der Waals surface area contributed by atoms with Crippen molar-refractivity contribution < 1.29 is 18.3 Å². The number of carbonyl (C=O) groups is 1. The molecule has 1 aliphatic carbocycles. The van der Waals surface area contributed by atoms with Gasteiger partial charge < -0.3 is 5.11 Å². The van der Waals surface area contributed by atoms with Crippen LogP contribution in [-0.2, 0) is 10.0 Å². The molecule has 2 unspecified atom stereocenters. The first-order valence-electron chi connectivity index (χ1n) is 6.31. The van der Waals surface area contributed by atoms with Gasteiger partial charge in [0.15, 0.2) is 0 Å². The van der Waals surface area contributed by atoms with E-state index in [1.165, 1.54) is 11.4 Å². The zero-order valence-electron chi connectivity index (χ0n) is 11.0. The van der Waals surface area contributed by atoms with Gasteiger partial charge in [-0.3, -0.25) is 0 Å². The van der Waals surface area contributed by atoms with Gasteiger partial charge in [0.2, 0.25) is 10.0 Å². The van der Waals surface area contributed by atoms with E-state index < -0.39 is 16.0 Å². The molecule has 20 heavy (non-hydrogen) atoms. The molecule has 5 nitrogen and oxygen atoms in total. The molecule has 2 rings (SSSR count). The molecule has 0 spiro atoms. The molecule has 112 valence electrons. The molecule has 0 radical (unpaired) electrons. The molecular formula is C12H17NO4S3. The molecule has 1 heterocycles. The van der Waals surface area contributed by atoms with Crippen molar-refractivity contribution in [1.82, 2.24) is 4.72 Å². The summed E-state index contributed by atoms with van der Waals surface area (Å²) in [6.07, 6.45) is 5.99. The van der Waals surface area contributed by atoms with Gasteiger partial charge in [-0.25, -0.2) is 17.9 Å². The second-order valence-electron chi connectivity index (χ2n) is 4.74. The Kier molecular flexibility index (Phi) is 5.11. The van der Waals surface area contributed by atoms with E-state index in [0.29, 0.717) is 0 Å². The zero-order valence-corrected chi connectivity index (χ0v) is 13.5. The predicted octanol–water partition coefficient (Wildman–Crippen LogP) is 2.40. The second kappa shape index (κ2) is 6.46. The highest BCUT2D eigenvalue weighted by Gasteiger charge is 2.29. The topological polar surface area (TPSA) is 83.5 Å². The lowest BCUT2D eigenvalue weighted by molar-refractivity contribution is 0.0702. The zero-order chi connectivity index (χ0) is 14.8. The molecule has 2 N–H and O–H groups in total. The van der Waals surface area contributed by atoms with E-state index in [4.69, 9.17) is 5.11 Å². The number of rotatable bonds is 5. The van der Waals surface area contributed by atoms with Gasteiger partial charge in [0.05, 0.1) is 4.90 Å². The summed E-state index contributed by atoms with van der Waals surface area (Å²) in [4.78, 5) is 10.9. The van der Waals surface area contributed by atoms with Crippen LogP contribution in [0.5, 0.6) is 0 Å². The Labute approximate surface area is 126 Å². The average Bonchev–Trinajstić information content (AvgIpc) is 2.89. The first kappa shape index (κ1) is 15.8. The molecule has 0 aliphatic heterocycles. The van der Waals surface area contributed by atoms with Crippen LogP contribution in [0.3, 0.4) is 0 Å². The summed E-state index contributed by atoms with van der Waals surface area (Å²) >= 11 is 2.61. The number of carboxylic acids is 1. The maximum Gasteiger partial charge on any atom is 0.345 e. The first-order valence-corrected chi connectivity index (χ1v) is 9.96. The molecule has 0 bridgehead atoms. The number of carboxylic acid groups (broad SMARTS) is 1. The number of thioether (sulfide) groups is 1. The van der Waals surface area contributed by atoms with Crippen molar-refractivity contribution in [3.05, 3.63) is 16.3 Å². The third kappa shape index (κ3) is 3.55. The lowest BCUT2D eigenvalue weighted by Crippen LogP contribution is -2.43. The van der Waals surface area contributed by atoms with Crippen molar-refractivity contribution >= 4 is 39.1 Å². The van der Waals surface area contributed by atoms with Gasteiger partial charge >= 0.3 is 5.97 Å². The molecule has 1 aliphatic rings. The fourth-order valence-electron chi connectivity index (χ4n) is 2.35. The molecule has 1 fully saturated rings. The monoisotopic (exact) mass is 335 g/mol. The van der Waals surface area contributed by atoms with Crippen LogP contribution in [-0.4, -0.2) is 37.0 Å². The maximum absolute atomic E-state index is 12.3. The van der Waals surface area contributed by atoms with Crippen LogP contribution in [0.2, 0.25) is 0 Å². The summed E-state index contributed by atoms with van der Waals surface area (Å²) in [5.41, 5.74) is 0. The van der Waals surface area contributed by atoms with Crippen molar-refractivity contribution in [1.29, 1.82) is 0 Å². The lowest BCUT2D eigenvalue weighted by atomic mass is 9.96. The van der Waals surface area contributed by atoms with Crippen molar-refractivity contribution in [2.75, 3.05) is 6.26 Å². The second-order valence-corrected chi connectivity index (χ2v) is 8.44. The SMILES string of the molecule is CSC1CCCCC1NS(=O)(=O)c1csc(C(=O)O)c1. The van der Waals surface area contributed by atoms with Gasteiger partial charge in [0, 0.05) is 16.7 Å². The Hall–Kier alpha value is -0.570. The normalized spacial score (nSPS) is 23.6. The minimum atomic E-state index is -3.63. The highest BCUT2D eigenvalue weighted by atomic mass is 32.2. The summed E-state index contributed by atoms with van der Waals surface area (Å²) < 4.78 is 27.3. The number of hydrogen-bond acceptors (Lipinski definition) is 5. The Balaban J connectivity index is 2.15. The fourth-order valence-corrected chi connectivity index (χ4v) is 5.80. The molecule has 2 atom stereocenters. The minimum Gasteiger partial charge on any atom is -0.477 e. The van der Waals surface area contributed by atoms with Gasteiger partial charge in [-0.15, -0.1) is 11.3 Å². The number of hydrogen-bond donors (Lipinski definition) is 2. The molecule has 8 heteroatoms. The van der Waals surface area contributed by atoms with Crippen molar-refractivity contribution in [2.24, 2.45) is 0 Å². The van der Waals surface area contributed by atoms with Gasteiger partial charge in [-0.05, 0) is 25.2 Å².